The van der Waals surface area contributed by atoms with Gasteiger partial charge >= 0.3 is 6.18 Å². The van der Waals surface area contributed by atoms with Crippen molar-refractivity contribution in [2.45, 2.75) is 45.3 Å². The van der Waals surface area contributed by atoms with Gasteiger partial charge in [-0.15, -0.1) is 5.10 Å². The van der Waals surface area contributed by atoms with Crippen molar-refractivity contribution in [3.05, 3.63) is 46.1 Å². The molecule has 2 aromatic heterocycles. The van der Waals surface area contributed by atoms with E-state index in [1.807, 2.05) is 6.92 Å². The quantitative estimate of drug-likeness (QED) is 0.647. The molecule has 1 unspecified atom stereocenters. The van der Waals surface area contributed by atoms with Gasteiger partial charge in [-0.2, -0.15) is 17.7 Å². The first kappa shape index (κ1) is 20.2. The standard InChI is InChI=1S/C20H23F3N4OS/c1-3-15-24-19-27(25-15)18(28)17(29-19)16(26-9-7-12(2)8-10-26)13-5-4-6-14(11-13)20(21,22)23/h4-6,11-12,16,28H,3,7-10H2,1-2H3. The lowest BCUT2D eigenvalue weighted by atomic mass is 9.94. The Morgan fingerprint density at radius 1 is 1.28 bits per heavy atom. The van der Waals surface area contributed by atoms with E-state index in [-0.39, 0.29) is 5.88 Å². The highest BCUT2D eigenvalue weighted by atomic mass is 32.1. The minimum Gasteiger partial charge on any atom is -0.492 e. The van der Waals surface area contributed by atoms with E-state index in [4.69, 9.17) is 0 Å². The van der Waals surface area contributed by atoms with Crippen LogP contribution in [0.1, 0.15) is 54.6 Å². The molecule has 4 rings (SSSR count). The van der Waals surface area contributed by atoms with Crippen molar-refractivity contribution in [1.82, 2.24) is 19.5 Å². The maximum atomic E-state index is 13.3. The van der Waals surface area contributed by atoms with Crippen molar-refractivity contribution in [1.29, 1.82) is 0 Å². The Kier molecular flexibility index (Phi) is 5.29. The Bertz CT molecular complexity index is 1000. The summed E-state index contributed by atoms with van der Waals surface area (Å²) in [5, 5.41) is 15.2. The van der Waals surface area contributed by atoms with Crippen LogP contribution in [0.3, 0.4) is 0 Å². The van der Waals surface area contributed by atoms with Crippen molar-refractivity contribution in [3.63, 3.8) is 0 Å². The molecule has 1 saturated heterocycles. The molecule has 1 N–H and O–H groups in total. The van der Waals surface area contributed by atoms with Crippen LogP contribution in [0, 0.1) is 5.92 Å². The molecule has 0 radical (unpaired) electrons. The van der Waals surface area contributed by atoms with Crippen molar-refractivity contribution in [2.75, 3.05) is 13.1 Å². The fourth-order valence-electron chi connectivity index (χ4n) is 3.82. The molecule has 1 aliphatic heterocycles. The summed E-state index contributed by atoms with van der Waals surface area (Å²) in [7, 11) is 0. The normalized spacial score (nSPS) is 17.8. The lowest BCUT2D eigenvalue weighted by Crippen LogP contribution is -2.36. The molecule has 0 aliphatic carbocycles. The molecule has 3 aromatic rings. The highest BCUT2D eigenvalue weighted by molar-refractivity contribution is 7.17. The SMILES string of the molecule is CCc1nc2sc(C(c3cccc(C(F)(F)F)c3)N3CCC(C)CC3)c(O)n2n1. The second-order valence-electron chi connectivity index (χ2n) is 7.61. The van der Waals surface area contributed by atoms with E-state index in [1.54, 1.807) is 6.07 Å². The van der Waals surface area contributed by atoms with Gasteiger partial charge in [0.05, 0.1) is 16.5 Å². The number of aromatic nitrogens is 3. The Labute approximate surface area is 170 Å². The summed E-state index contributed by atoms with van der Waals surface area (Å²) in [6.45, 7) is 5.63. The maximum Gasteiger partial charge on any atom is 0.416 e. The molecule has 0 amide bonds. The van der Waals surface area contributed by atoms with E-state index in [2.05, 4.69) is 21.9 Å². The highest BCUT2D eigenvalue weighted by Crippen LogP contribution is 2.42. The van der Waals surface area contributed by atoms with E-state index < -0.39 is 17.8 Å². The zero-order valence-electron chi connectivity index (χ0n) is 16.3. The first-order chi connectivity index (χ1) is 13.8. The average Bonchev–Trinajstić information content (AvgIpc) is 3.23. The molecule has 0 spiro atoms. The third-order valence-electron chi connectivity index (χ3n) is 5.52. The third-order valence-corrected chi connectivity index (χ3v) is 6.59. The third kappa shape index (κ3) is 3.85. The number of nitrogens with zero attached hydrogens (tertiary/aromatic N) is 4. The fraction of sp³-hybridized carbons (Fsp3) is 0.500. The van der Waals surface area contributed by atoms with Crippen LogP contribution in [-0.4, -0.2) is 37.7 Å². The summed E-state index contributed by atoms with van der Waals surface area (Å²) < 4.78 is 41.4. The maximum absolute atomic E-state index is 13.3. The van der Waals surface area contributed by atoms with Crippen LogP contribution in [0.2, 0.25) is 0 Å². The molecular formula is C20H23F3N4OS. The molecule has 0 bridgehead atoms. The summed E-state index contributed by atoms with van der Waals surface area (Å²) in [6.07, 6.45) is -1.83. The topological polar surface area (TPSA) is 53.7 Å². The number of hydrogen-bond donors (Lipinski definition) is 1. The number of halogens is 3. The van der Waals surface area contributed by atoms with Crippen LogP contribution in [0.4, 0.5) is 13.2 Å². The monoisotopic (exact) mass is 424 g/mol. The van der Waals surface area contributed by atoms with E-state index in [0.717, 1.165) is 32.0 Å². The van der Waals surface area contributed by atoms with Crippen molar-refractivity contribution < 1.29 is 18.3 Å². The van der Waals surface area contributed by atoms with Crippen LogP contribution in [0.5, 0.6) is 5.88 Å². The average molecular weight is 424 g/mol. The zero-order chi connectivity index (χ0) is 20.8. The number of fused-ring (bicyclic) bond motifs is 1. The first-order valence-electron chi connectivity index (χ1n) is 9.76. The molecule has 9 heteroatoms. The minimum atomic E-state index is -4.42. The molecule has 29 heavy (non-hydrogen) atoms. The Morgan fingerprint density at radius 3 is 2.62 bits per heavy atom. The summed E-state index contributed by atoms with van der Waals surface area (Å²) in [5.41, 5.74) is -0.164. The number of thiazole rings is 1. The number of aromatic hydroxyl groups is 1. The molecule has 0 saturated carbocycles. The first-order valence-corrected chi connectivity index (χ1v) is 10.6. The number of hydrogen-bond acceptors (Lipinski definition) is 5. The van der Waals surface area contributed by atoms with E-state index in [1.165, 1.54) is 28.0 Å². The summed E-state index contributed by atoms with van der Waals surface area (Å²) >= 11 is 1.29. The van der Waals surface area contributed by atoms with Gasteiger partial charge in [-0.3, -0.25) is 4.90 Å². The summed E-state index contributed by atoms with van der Waals surface area (Å²) in [4.78, 5) is 7.70. The lowest BCUT2D eigenvalue weighted by molar-refractivity contribution is -0.137. The smallest absolute Gasteiger partial charge is 0.416 e. The van der Waals surface area contributed by atoms with Crippen LogP contribution < -0.4 is 0 Å². The summed E-state index contributed by atoms with van der Waals surface area (Å²) in [5.74, 6) is 1.16. The molecule has 1 aromatic carbocycles. The number of aryl methyl sites for hydroxylation is 1. The number of likely N-dealkylation sites (tertiary alicyclic amines) is 1. The van der Waals surface area contributed by atoms with Crippen LogP contribution in [0.25, 0.3) is 4.96 Å². The van der Waals surface area contributed by atoms with Gasteiger partial charge in [0.2, 0.25) is 10.8 Å². The molecule has 3 heterocycles. The lowest BCUT2D eigenvalue weighted by Gasteiger charge is -2.36. The van der Waals surface area contributed by atoms with E-state index >= 15 is 0 Å². The van der Waals surface area contributed by atoms with Crippen molar-refractivity contribution in [3.8, 4) is 5.88 Å². The number of benzene rings is 1. The van der Waals surface area contributed by atoms with Gasteiger partial charge in [-0.05, 0) is 49.5 Å². The molecule has 1 atom stereocenters. The molecule has 5 nitrogen and oxygen atoms in total. The minimum absolute atomic E-state index is 0.0433. The molecular weight excluding hydrogens is 401 g/mol. The predicted molar refractivity (Wildman–Crippen MR) is 105 cm³/mol. The van der Waals surface area contributed by atoms with Crippen molar-refractivity contribution >= 4 is 16.3 Å². The summed E-state index contributed by atoms with van der Waals surface area (Å²) in [6, 6.07) is 4.93. The zero-order valence-corrected chi connectivity index (χ0v) is 17.1. The van der Waals surface area contributed by atoms with Crippen molar-refractivity contribution in [2.24, 2.45) is 5.92 Å². The fourth-order valence-corrected chi connectivity index (χ4v) is 4.95. The van der Waals surface area contributed by atoms with E-state index in [9.17, 15) is 18.3 Å². The van der Waals surface area contributed by atoms with Gasteiger partial charge < -0.3 is 5.11 Å². The van der Waals surface area contributed by atoms with Gasteiger partial charge in [-0.1, -0.05) is 37.3 Å². The number of piperidine rings is 1. The largest absolute Gasteiger partial charge is 0.492 e. The number of rotatable bonds is 4. The van der Waals surface area contributed by atoms with E-state index in [0.29, 0.717) is 33.6 Å². The van der Waals surface area contributed by atoms with Crippen LogP contribution >= 0.6 is 11.3 Å². The Morgan fingerprint density at radius 2 is 2.00 bits per heavy atom. The van der Waals surface area contributed by atoms with Gasteiger partial charge in [0.15, 0.2) is 5.82 Å². The van der Waals surface area contributed by atoms with Gasteiger partial charge in [0.1, 0.15) is 0 Å². The second kappa shape index (κ2) is 7.60. The van der Waals surface area contributed by atoms with Crippen LogP contribution in [-0.2, 0) is 12.6 Å². The van der Waals surface area contributed by atoms with Gasteiger partial charge in [0, 0.05) is 6.42 Å². The highest BCUT2D eigenvalue weighted by Gasteiger charge is 2.35. The van der Waals surface area contributed by atoms with Gasteiger partial charge in [-0.25, -0.2) is 4.98 Å². The number of alkyl halides is 3. The molecule has 156 valence electrons. The Hall–Kier alpha value is -2.13. The Balaban J connectivity index is 1.81. The van der Waals surface area contributed by atoms with Gasteiger partial charge in [0.25, 0.3) is 0 Å². The second-order valence-corrected chi connectivity index (χ2v) is 8.62. The molecule has 1 aliphatic rings. The predicted octanol–water partition coefficient (Wildman–Crippen LogP) is 4.90. The molecule has 1 fully saturated rings. The van der Waals surface area contributed by atoms with Crippen LogP contribution in [0.15, 0.2) is 24.3 Å².